The second-order valence-corrected chi connectivity index (χ2v) is 8.42. The summed E-state index contributed by atoms with van der Waals surface area (Å²) in [6.45, 7) is 5.84. The molecule has 1 atom stereocenters. The minimum Gasteiger partial charge on any atom is -0.311 e. The molecule has 3 heteroatoms. The zero-order chi connectivity index (χ0) is 10.8. The SMILES string of the molecule is CN[Si](F)(c1ccccc1)C(C)(C)C. The molecule has 0 aromatic heterocycles. The maximum Gasteiger partial charge on any atom is 0.356 e. The molecule has 78 valence electrons. The number of rotatable bonds is 2. The number of hydrogen-bond acceptors (Lipinski definition) is 1. The highest BCUT2D eigenvalue weighted by Gasteiger charge is 2.47. The monoisotopic (exact) mass is 211 g/mol. The third kappa shape index (κ3) is 1.88. The Balaban J connectivity index is 3.15. The van der Waals surface area contributed by atoms with Gasteiger partial charge in [-0.3, -0.25) is 4.11 Å². The van der Waals surface area contributed by atoms with E-state index in [1.807, 2.05) is 51.1 Å². The van der Waals surface area contributed by atoms with Crippen molar-refractivity contribution in [2.45, 2.75) is 25.8 Å². The maximum atomic E-state index is 14.8. The van der Waals surface area contributed by atoms with E-state index in [9.17, 15) is 4.11 Å². The predicted octanol–water partition coefficient (Wildman–Crippen LogP) is 2.32. The molecule has 0 heterocycles. The quantitative estimate of drug-likeness (QED) is 0.585. The molecular weight excluding hydrogens is 193 g/mol. The van der Waals surface area contributed by atoms with E-state index >= 15 is 0 Å². The van der Waals surface area contributed by atoms with E-state index in [1.165, 1.54) is 0 Å². The first-order valence-electron chi connectivity index (χ1n) is 4.85. The zero-order valence-electron chi connectivity index (χ0n) is 9.26. The van der Waals surface area contributed by atoms with Crippen LogP contribution in [-0.4, -0.2) is 15.6 Å². The Morgan fingerprint density at radius 2 is 1.64 bits per heavy atom. The Labute approximate surface area is 86.6 Å². The van der Waals surface area contributed by atoms with Crippen LogP contribution < -0.4 is 10.2 Å². The van der Waals surface area contributed by atoms with Crippen LogP contribution in [-0.2, 0) is 0 Å². The fourth-order valence-corrected chi connectivity index (χ4v) is 4.18. The second-order valence-electron chi connectivity index (χ2n) is 4.52. The highest BCUT2D eigenvalue weighted by Crippen LogP contribution is 2.34. The van der Waals surface area contributed by atoms with Crippen molar-refractivity contribution in [3.63, 3.8) is 0 Å². The molecule has 0 amide bonds. The van der Waals surface area contributed by atoms with E-state index in [1.54, 1.807) is 7.05 Å². The molecule has 0 radical (unpaired) electrons. The summed E-state index contributed by atoms with van der Waals surface area (Å²) in [4.78, 5) is 2.91. The lowest BCUT2D eigenvalue weighted by Gasteiger charge is -2.34. The van der Waals surface area contributed by atoms with Crippen LogP contribution in [0.5, 0.6) is 0 Å². The molecule has 0 aliphatic rings. The standard InChI is InChI=1S/C11H18FNSi/c1-11(2,3)14(12,13-4)10-8-6-5-7-9-10/h5-9,13H,1-4H3. The normalized spacial score (nSPS) is 16.4. The number of halogens is 1. The lowest BCUT2D eigenvalue weighted by atomic mass is 10.2. The summed E-state index contributed by atoms with van der Waals surface area (Å²) in [5.74, 6) is 0. The van der Waals surface area contributed by atoms with E-state index in [2.05, 4.69) is 4.98 Å². The van der Waals surface area contributed by atoms with Gasteiger partial charge in [0.2, 0.25) is 0 Å². The van der Waals surface area contributed by atoms with Crippen LogP contribution in [0, 0.1) is 0 Å². The average molecular weight is 211 g/mol. The van der Waals surface area contributed by atoms with Crippen LogP contribution in [0.3, 0.4) is 0 Å². The molecule has 0 aliphatic heterocycles. The summed E-state index contributed by atoms with van der Waals surface area (Å²) in [5, 5.41) is 0.485. The summed E-state index contributed by atoms with van der Waals surface area (Å²) >= 11 is 0. The number of nitrogens with one attached hydrogen (secondary N) is 1. The Morgan fingerprint density at radius 1 is 1.14 bits per heavy atom. The maximum absolute atomic E-state index is 14.8. The van der Waals surface area contributed by atoms with Gasteiger partial charge >= 0.3 is 8.57 Å². The summed E-state index contributed by atoms with van der Waals surface area (Å²) < 4.78 is 14.8. The fourth-order valence-electron chi connectivity index (χ4n) is 1.62. The summed E-state index contributed by atoms with van der Waals surface area (Å²) in [6, 6.07) is 9.43. The third-order valence-corrected chi connectivity index (χ3v) is 6.43. The van der Waals surface area contributed by atoms with Gasteiger partial charge in [-0.15, -0.1) is 0 Å². The van der Waals surface area contributed by atoms with Crippen molar-refractivity contribution in [3.05, 3.63) is 30.3 Å². The topological polar surface area (TPSA) is 12.0 Å². The Bertz CT molecular complexity index is 294. The lowest BCUT2D eigenvalue weighted by molar-refractivity contribution is 0.601. The first kappa shape index (κ1) is 11.4. The minimum absolute atomic E-state index is 0.330. The van der Waals surface area contributed by atoms with Gasteiger partial charge in [0.25, 0.3) is 0 Å². The molecule has 1 unspecified atom stereocenters. The Morgan fingerprint density at radius 3 is 2.00 bits per heavy atom. The molecule has 0 saturated heterocycles. The molecule has 1 rings (SSSR count). The molecule has 1 aromatic carbocycles. The smallest absolute Gasteiger partial charge is 0.311 e. The Kier molecular flexibility index (Phi) is 3.12. The predicted molar refractivity (Wildman–Crippen MR) is 61.7 cm³/mol. The van der Waals surface area contributed by atoms with Crippen molar-refractivity contribution in [2.75, 3.05) is 7.05 Å². The first-order valence-corrected chi connectivity index (χ1v) is 6.73. The molecule has 0 fully saturated rings. The fraction of sp³-hybridized carbons (Fsp3) is 0.455. The van der Waals surface area contributed by atoms with E-state index in [4.69, 9.17) is 0 Å². The van der Waals surface area contributed by atoms with Gasteiger partial charge in [0.1, 0.15) is 0 Å². The average Bonchev–Trinajstić information content (AvgIpc) is 2.16. The number of benzene rings is 1. The highest BCUT2D eigenvalue weighted by molar-refractivity contribution is 6.86. The van der Waals surface area contributed by atoms with Crippen molar-refractivity contribution in [1.82, 2.24) is 4.98 Å². The second kappa shape index (κ2) is 3.83. The lowest BCUT2D eigenvalue weighted by Crippen LogP contribution is -2.61. The van der Waals surface area contributed by atoms with Crippen molar-refractivity contribution < 1.29 is 4.11 Å². The largest absolute Gasteiger partial charge is 0.356 e. The van der Waals surface area contributed by atoms with E-state index in [-0.39, 0.29) is 5.04 Å². The molecule has 0 saturated carbocycles. The van der Waals surface area contributed by atoms with E-state index in [0.717, 1.165) is 5.19 Å². The minimum atomic E-state index is -3.05. The van der Waals surface area contributed by atoms with Crippen molar-refractivity contribution in [3.8, 4) is 0 Å². The van der Waals surface area contributed by atoms with Gasteiger partial charge in [0, 0.05) is 5.04 Å². The van der Waals surface area contributed by atoms with Gasteiger partial charge in [-0.2, -0.15) is 0 Å². The summed E-state index contributed by atoms with van der Waals surface area (Å²) in [5.41, 5.74) is 0. The van der Waals surface area contributed by atoms with E-state index < -0.39 is 8.57 Å². The van der Waals surface area contributed by atoms with Gasteiger partial charge in [0.05, 0.1) is 0 Å². The van der Waals surface area contributed by atoms with Crippen LogP contribution in [0.4, 0.5) is 4.11 Å². The van der Waals surface area contributed by atoms with Crippen LogP contribution in [0.25, 0.3) is 0 Å². The summed E-state index contributed by atoms with van der Waals surface area (Å²) in [6.07, 6.45) is 0. The van der Waals surface area contributed by atoms with Gasteiger partial charge in [-0.05, 0) is 12.2 Å². The third-order valence-electron chi connectivity index (χ3n) is 2.55. The molecule has 0 aliphatic carbocycles. The van der Waals surface area contributed by atoms with Crippen LogP contribution in [0.2, 0.25) is 5.04 Å². The Hall–Kier alpha value is -0.673. The van der Waals surface area contributed by atoms with Crippen LogP contribution in [0.15, 0.2) is 30.3 Å². The molecule has 1 N–H and O–H groups in total. The van der Waals surface area contributed by atoms with Crippen molar-refractivity contribution in [2.24, 2.45) is 0 Å². The molecule has 1 nitrogen and oxygen atoms in total. The first-order chi connectivity index (χ1) is 6.42. The highest BCUT2D eigenvalue weighted by atomic mass is 28.4. The molecule has 0 spiro atoms. The van der Waals surface area contributed by atoms with Gasteiger partial charge < -0.3 is 4.98 Å². The van der Waals surface area contributed by atoms with Crippen molar-refractivity contribution in [1.29, 1.82) is 0 Å². The van der Waals surface area contributed by atoms with Crippen molar-refractivity contribution >= 4 is 13.8 Å². The van der Waals surface area contributed by atoms with E-state index in [0.29, 0.717) is 0 Å². The molecule has 1 aromatic rings. The number of hydrogen-bond donors (Lipinski definition) is 1. The molecule has 0 bridgehead atoms. The van der Waals surface area contributed by atoms with Gasteiger partial charge in [-0.1, -0.05) is 51.1 Å². The van der Waals surface area contributed by atoms with Gasteiger partial charge in [-0.25, -0.2) is 0 Å². The molecular formula is C11H18FNSi. The van der Waals surface area contributed by atoms with Crippen LogP contribution in [0.1, 0.15) is 20.8 Å². The molecule has 14 heavy (non-hydrogen) atoms. The summed E-state index contributed by atoms with van der Waals surface area (Å²) in [7, 11) is -1.34. The van der Waals surface area contributed by atoms with Gasteiger partial charge in [0.15, 0.2) is 0 Å². The zero-order valence-corrected chi connectivity index (χ0v) is 10.3. The van der Waals surface area contributed by atoms with Crippen LogP contribution >= 0.6 is 0 Å².